The third kappa shape index (κ3) is 13.0. The van der Waals surface area contributed by atoms with E-state index in [1.807, 2.05) is 13.0 Å². The number of aromatic nitrogens is 1. The van der Waals surface area contributed by atoms with Gasteiger partial charge < -0.3 is 14.4 Å². The van der Waals surface area contributed by atoms with Crippen LogP contribution >= 0.6 is 0 Å². The van der Waals surface area contributed by atoms with Crippen molar-refractivity contribution in [1.29, 1.82) is 0 Å². The van der Waals surface area contributed by atoms with Crippen molar-refractivity contribution in [3.8, 4) is 23.0 Å². The highest BCUT2D eigenvalue weighted by atomic mass is 16.5. The van der Waals surface area contributed by atoms with Crippen molar-refractivity contribution in [1.82, 2.24) is 9.88 Å². The van der Waals surface area contributed by atoms with Crippen molar-refractivity contribution in [2.45, 2.75) is 86.1 Å². The van der Waals surface area contributed by atoms with Crippen LogP contribution in [0.2, 0.25) is 0 Å². The fourth-order valence-electron chi connectivity index (χ4n) is 3.74. The highest BCUT2D eigenvalue weighted by Gasteiger charge is 2.13. The summed E-state index contributed by atoms with van der Waals surface area (Å²) in [4.78, 5) is 7.20. The molecule has 0 saturated heterocycles. The van der Waals surface area contributed by atoms with Gasteiger partial charge in [-0.15, -0.1) is 0 Å². The Hall–Kier alpha value is -2.61. The van der Waals surface area contributed by atoms with Crippen LogP contribution < -0.4 is 0 Å². The molecule has 2 aromatic rings. The van der Waals surface area contributed by atoms with Crippen molar-refractivity contribution >= 4 is 0 Å². The molecule has 0 radical (unpaired) electrons. The van der Waals surface area contributed by atoms with E-state index in [4.69, 9.17) is 9.72 Å². The zero-order valence-corrected chi connectivity index (χ0v) is 25.3. The molecule has 4 nitrogen and oxygen atoms in total. The number of rotatable bonds is 10. The minimum absolute atomic E-state index is 0.400. The Balaban J connectivity index is 0.000000669. The minimum atomic E-state index is 0.400. The fourth-order valence-corrected chi connectivity index (χ4v) is 3.74. The predicted molar refractivity (Wildman–Crippen MR) is 161 cm³/mol. The van der Waals surface area contributed by atoms with Gasteiger partial charge in [-0.25, -0.2) is 0 Å². The van der Waals surface area contributed by atoms with Gasteiger partial charge in [-0.1, -0.05) is 83.4 Å². The van der Waals surface area contributed by atoms with Crippen LogP contribution in [0.1, 0.15) is 90.1 Å². The summed E-state index contributed by atoms with van der Waals surface area (Å²) in [6.07, 6.45) is 4.16. The van der Waals surface area contributed by atoms with Crippen LogP contribution in [0.3, 0.4) is 0 Å². The number of hydrogen-bond donors (Lipinski definition) is 0. The van der Waals surface area contributed by atoms with E-state index in [0.717, 1.165) is 42.9 Å². The standard InChI is InChI=1S/C19H21N.C12H25NO.C2H6O/c1-5-6-10-17-13-18(16-11-8-7-9-12-16)19(14(2)3)20-15(17)4;1-6-9-13(11(3)7-2)12(4)8-10-14-5;1-3-2/h7-9,11-14H,5H2,1-4H3;11H,4,6-10H2,1-3,5H3;1-2H3. The molecule has 2 rings (SSSR count). The van der Waals surface area contributed by atoms with E-state index in [1.54, 1.807) is 21.3 Å². The van der Waals surface area contributed by atoms with Gasteiger partial charge in [0.25, 0.3) is 0 Å². The Kier molecular flexibility index (Phi) is 19.0. The van der Waals surface area contributed by atoms with Gasteiger partial charge in [0.05, 0.1) is 18.0 Å². The first kappa shape index (κ1) is 34.4. The molecule has 0 N–H and O–H groups in total. The fraction of sp³-hybridized carbons (Fsp3) is 0.545. The van der Waals surface area contributed by atoms with Gasteiger partial charge >= 0.3 is 0 Å². The van der Waals surface area contributed by atoms with Gasteiger partial charge in [0.15, 0.2) is 0 Å². The second-order valence-electron chi connectivity index (χ2n) is 9.40. The van der Waals surface area contributed by atoms with Crippen LogP contribution in [-0.4, -0.2) is 50.4 Å². The van der Waals surface area contributed by atoms with Crippen LogP contribution in [0.5, 0.6) is 0 Å². The molecule has 1 aromatic carbocycles. The summed E-state index contributed by atoms with van der Waals surface area (Å²) in [6, 6.07) is 13.2. The number of hydrogen-bond acceptors (Lipinski definition) is 4. The lowest BCUT2D eigenvalue weighted by atomic mass is 9.95. The van der Waals surface area contributed by atoms with Gasteiger partial charge in [0, 0.05) is 63.6 Å². The smallest absolute Gasteiger partial charge is 0.0532 e. The number of benzene rings is 1. The summed E-state index contributed by atoms with van der Waals surface area (Å²) in [5.41, 5.74) is 6.83. The lowest BCUT2D eigenvalue weighted by Gasteiger charge is -2.32. The van der Waals surface area contributed by atoms with E-state index in [0.29, 0.717) is 12.0 Å². The van der Waals surface area contributed by atoms with E-state index in [1.165, 1.54) is 29.7 Å². The topological polar surface area (TPSA) is 34.6 Å². The van der Waals surface area contributed by atoms with Crippen molar-refractivity contribution in [2.75, 3.05) is 34.5 Å². The van der Waals surface area contributed by atoms with Crippen molar-refractivity contribution < 1.29 is 9.47 Å². The van der Waals surface area contributed by atoms with Crippen molar-refractivity contribution in [3.05, 3.63) is 65.6 Å². The van der Waals surface area contributed by atoms with E-state index in [2.05, 4.69) is 99.9 Å². The first-order chi connectivity index (χ1) is 17.7. The predicted octanol–water partition coefficient (Wildman–Crippen LogP) is 8.25. The zero-order valence-electron chi connectivity index (χ0n) is 25.3. The molecule has 1 atom stereocenters. The summed E-state index contributed by atoms with van der Waals surface area (Å²) in [6.45, 7) is 21.2. The quantitative estimate of drug-likeness (QED) is 0.303. The lowest BCUT2D eigenvalue weighted by molar-refractivity contribution is 0.181. The summed E-state index contributed by atoms with van der Waals surface area (Å²) in [5.74, 6) is 6.77. The summed E-state index contributed by atoms with van der Waals surface area (Å²) in [7, 11) is 4.99. The van der Waals surface area contributed by atoms with Crippen LogP contribution in [0.4, 0.5) is 0 Å². The maximum absolute atomic E-state index is 5.07. The maximum Gasteiger partial charge on any atom is 0.0532 e. The molecule has 0 bridgehead atoms. The third-order valence-electron chi connectivity index (χ3n) is 5.86. The molecule has 37 heavy (non-hydrogen) atoms. The SMILES string of the molecule is C=C(CCOC)N(CCC)C(C)CC.CCC#Cc1cc(-c2ccccc2)c(C(C)C)nc1C.COC. The molecule has 1 unspecified atom stereocenters. The largest absolute Gasteiger partial charge is 0.388 e. The monoisotopic (exact) mass is 508 g/mol. The molecular formula is C33H52N2O2. The lowest BCUT2D eigenvalue weighted by Crippen LogP contribution is -2.32. The average molecular weight is 509 g/mol. The average Bonchev–Trinajstić information content (AvgIpc) is 2.90. The molecule has 206 valence electrons. The molecule has 1 heterocycles. The maximum atomic E-state index is 5.07. The van der Waals surface area contributed by atoms with Gasteiger partial charge in [0.2, 0.25) is 0 Å². The number of methoxy groups -OCH3 is 2. The summed E-state index contributed by atoms with van der Waals surface area (Å²) >= 11 is 0. The Bertz CT molecular complexity index is 942. The molecule has 0 amide bonds. The molecule has 0 aliphatic carbocycles. The molecular weight excluding hydrogens is 456 g/mol. The van der Waals surface area contributed by atoms with Crippen LogP contribution in [-0.2, 0) is 9.47 Å². The Labute approximate surface area is 228 Å². The Morgan fingerprint density at radius 3 is 2.16 bits per heavy atom. The second kappa shape index (κ2) is 20.4. The summed E-state index contributed by atoms with van der Waals surface area (Å²) in [5, 5.41) is 0. The van der Waals surface area contributed by atoms with Crippen LogP contribution in [0.25, 0.3) is 11.1 Å². The normalized spacial score (nSPS) is 10.8. The number of aryl methyl sites for hydroxylation is 1. The number of nitrogens with zero attached hydrogens (tertiary/aromatic N) is 2. The van der Waals surface area contributed by atoms with Crippen molar-refractivity contribution in [2.24, 2.45) is 0 Å². The Morgan fingerprint density at radius 1 is 1.05 bits per heavy atom. The van der Waals surface area contributed by atoms with Crippen LogP contribution in [0.15, 0.2) is 48.7 Å². The first-order valence-electron chi connectivity index (χ1n) is 13.6. The van der Waals surface area contributed by atoms with E-state index >= 15 is 0 Å². The van der Waals surface area contributed by atoms with E-state index in [-0.39, 0.29) is 0 Å². The highest BCUT2D eigenvalue weighted by Crippen LogP contribution is 2.29. The molecule has 0 spiro atoms. The van der Waals surface area contributed by atoms with Crippen molar-refractivity contribution in [3.63, 3.8) is 0 Å². The zero-order chi connectivity index (χ0) is 28.2. The molecule has 0 aliphatic heterocycles. The van der Waals surface area contributed by atoms with Gasteiger partial charge in [0.1, 0.15) is 0 Å². The second-order valence-corrected chi connectivity index (χ2v) is 9.40. The van der Waals surface area contributed by atoms with Gasteiger partial charge in [-0.3, -0.25) is 4.98 Å². The molecule has 0 fully saturated rings. The highest BCUT2D eigenvalue weighted by molar-refractivity contribution is 5.68. The van der Waals surface area contributed by atoms with Gasteiger partial charge in [-0.2, -0.15) is 0 Å². The third-order valence-corrected chi connectivity index (χ3v) is 5.86. The number of ether oxygens (including phenoxy) is 2. The summed E-state index contributed by atoms with van der Waals surface area (Å²) < 4.78 is 9.32. The van der Waals surface area contributed by atoms with Gasteiger partial charge in [-0.05, 0) is 44.2 Å². The minimum Gasteiger partial charge on any atom is -0.388 e. The number of pyridine rings is 1. The molecule has 1 aromatic heterocycles. The van der Waals surface area contributed by atoms with Crippen LogP contribution in [0, 0.1) is 18.8 Å². The molecule has 0 saturated carbocycles. The molecule has 4 heteroatoms. The van der Waals surface area contributed by atoms with E-state index < -0.39 is 0 Å². The van der Waals surface area contributed by atoms with E-state index in [9.17, 15) is 0 Å². The molecule has 0 aliphatic rings. The Morgan fingerprint density at radius 2 is 1.68 bits per heavy atom. The first-order valence-corrected chi connectivity index (χ1v) is 13.6.